The molecule has 1 atom stereocenters. The van der Waals surface area contributed by atoms with Gasteiger partial charge in [-0.3, -0.25) is 0 Å². The smallest absolute Gasteiger partial charge is 0.160 e. The molecule has 1 aliphatic heterocycles. The maximum Gasteiger partial charge on any atom is 0.160 e. The molecule has 3 nitrogen and oxygen atoms in total. The van der Waals surface area contributed by atoms with Crippen LogP contribution in [0.3, 0.4) is 0 Å². The van der Waals surface area contributed by atoms with Crippen LogP contribution >= 0.6 is 7.14 Å². The summed E-state index contributed by atoms with van der Waals surface area (Å²) in [6.45, 7) is 1.88. The molecular formula is C35H25N2OP. The molecule has 0 radical (unpaired) electrons. The van der Waals surface area contributed by atoms with Crippen LogP contribution in [0.15, 0.2) is 133 Å². The third kappa shape index (κ3) is 4.12. The average molecular weight is 521 g/mol. The Bertz CT molecular complexity index is 1820. The highest BCUT2D eigenvalue weighted by atomic mass is 31.2. The molecule has 2 heterocycles. The average Bonchev–Trinajstić information content (AvgIpc) is 3.24. The molecule has 0 saturated carbocycles. The van der Waals surface area contributed by atoms with E-state index in [1.54, 1.807) is 0 Å². The van der Waals surface area contributed by atoms with Crippen LogP contribution in [0.5, 0.6) is 0 Å². The summed E-state index contributed by atoms with van der Waals surface area (Å²) in [7, 11) is -2.56. The number of hydrogen-bond acceptors (Lipinski definition) is 3. The van der Waals surface area contributed by atoms with Crippen LogP contribution in [0, 0.1) is 0 Å². The number of hydrogen-bond donors (Lipinski definition) is 0. The first kappa shape index (κ1) is 23.5. The number of aromatic nitrogens is 2. The lowest BCUT2D eigenvalue weighted by Gasteiger charge is -2.11. The van der Waals surface area contributed by atoms with Crippen molar-refractivity contribution < 1.29 is 4.57 Å². The van der Waals surface area contributed by atoms with E-state index in [9.17, 15) is 4.57 Å². The van der Waals surface area contributed by atoms with Crippen molar-refractivity contribution in [3.05, 3.63) is 133 Å². The van der Waals surface area contributed by atoms with Gasteiger partial charge < -0.3 is 4.57 Å². The fourth-order valence-corrected chi connectivity index (χ4v) is 7.70. The molecule has 7 rings (SSSR count). The second-order valence-corrected chi connectivity index (χ2v) is 12.8. The Kier molecular flexibility index (Phi) is 5.61. The normalized spacial score (nSPS) is 15.5. The van der Waals surface area contributed by atoms with Crippen molar-refractivity contribution in [1.82, 2.24) is 9.97 Å². The Hall–Kier alpha value is -4.59. The lowest BCUT2D eigenvalue weighted by molar-refractivity contribution is 0.591. The Morgan fingerprint density at radius 2 is 0.974 bits per heavy atom. The van der Waals surface area contributed by atoms with Crippen molar-refractivity contribution in [2.75, 3.05) is 6.66 Å². The Labute approximate surface area is 228 Å². The molecule has 0 spiro atoms. The first-order chi connectivity index (χ1) is 19.1. The molecule has 0 fully saturated rings. The molecule has 0 aliphatic carbocycles. The van der Waals surface area contributed by atoms with Gasteiger partial charge in [-0.25, -0.2) is 9.97 Å². The lowest BCUT2D eigenvalue weighted by atomic mass is 9.98. The Balaban J connectivity index is 1.29. The van der Waals surface area contributed by atoms with Crippen molar-refractivity contribution in [3.63, 3.8) is 0 Å². The Morgan fingerprint density at radius 3 is 1.67 bits per heavy atom. The van der Waals surface area contributed by atoms with Gasteiger partial charge in [-0.2, -0.15) is 0 Å². The van der Waals surface area contributed by atoms with Gasteiger partial charge in [-0.1, -0.05) is 115 Å². The quantitative estimate of drug-likeness (QED) is 0.221. The van der Waals surface area contributed by atoms with Crippen molar-refractivity contribution in [2.45, 2.75) is 0 Å². The van der Waals surface area contributed by atoms with Gasteiger partial charge in [0, 0.05) is 27.3 Å². The van der Waals surface area contributed by atoms with Gasteiger partial charge in [0.05, 0.1) is 11.4 Å². The van der Waals surface area contributed by atoms with Gasteiger partial charge in [0.15, 0.2) is 5.82 Å². The summed E-state index contributed by atoms with van der Waals surface area (Å²) in [5.41, 5.74) is 9.22. The number of rotatable bonds is 4. The maximum atomic E-state index is 13.6. The third-order valence-corrected chi connectivity index (χ3v) is 10.1. The zero-order valence-electron chi connectivity index (χ0n) is 21.5. The summed E-state index contributed by atoms with van der Waals surface area (Å²) in [6.07, 6.45) is 0. The van der Waals surface area contributed by atoms with E-state index in [1.807, 2.05) is 79.5 Å². The van der Waals surface area contributed by atoms with E-state index >= 15 is 0 Å². The zero-order chi connectivity index (χ0) is 26.4. The molecule has 1 unspecified atom stereocenters. The second kappa shape index (κ2) is 9.31. The SMILES string of the molecule is CP1(=O)c2ccccc2-c2cc(-c3ccc(-c4cc(-c5ccccc5)nc(-c5ccccc5)n4)cc3)ccc21. The summed E-state index contributed by atoms with van der Waals surface area (Å²) in [5, 5.41) is 1.91. The van der Waals surface area contributed by atoms with Crippen molar-refractivity contribution >= 4 is 17.8 Å². The molecule has 0 amide bonds. The summed E-state index contributed by atoms with van der Waals surface area (Å²) >= 11 is 0. The van der Waals surface area contributed by atoms with Gasteiger partial charge in [0.2, 0.25) is 0 Å². The molecule has 0 N–H and O–H groups in total. The molecule has 1 aliphatic rings. The largest absolute Gasteiger partial charge is 0.314 e. The fraction of sp³-hybridized carbons (Fsp3) is 0.0286. The van der Waals surface area contributed by atoms with Crippen molar-refractivity contribution in [3.8, 4) is 56.2 Å². The minimum Gasteiger partial charge on any atom is -0.314 e. The third-order valence-electron chi connectivity index (χ3n) is 7.45. The van der Waals surface area contributed by atoms with E-state index in [1.165, 1.54) is 0 Å². The van der Waals surface area contributed by atoms with Crippen molar-refractivity contribution in [2.24, 2.45) is 0 Å². The fourth-order valence-electron chi connectivity index (χ4n) is 5.41. The standard InChI is InChI=1S/C35H25N2OP/c1-39(38)33-15-9-8-14-29(33)30-22-28(20-21-34(30)39)24-16-18-26(19-17-24)32-23-31(25-10-4-2-5-11-25)36-35(37-32)27-12-6-3-7-13-27/h2-23H,1H3. The molecule has 186 valence electrons. The summed E-state index contributed by atoms with van der Waals surface area (Å²) < 4.78 is 13.6. The lowest BCUT2D eigenvalue weighted by Crippen LogP contribution is -2.07. The highest BCUT2D eigenvalue weighted by Crippen LogP contribution is 2.50. The second-order valence-electron chi connectivity index (χ2n) is 9.94. The molecular weight excluding hydrogens is 495 g/mol. The maximum absolute atomic E-state index is 13.6. The van der Waals surface area contributed by atoms with Crippen LogP contribution < -0.4 is 10.6 Å². The van der Waals surface area contributed by atoms with Gasteiger partial charge in [0.1, 0.15) is 7.14 Å². The van der Waals surface area contributed by atoms with Gasteiger partial charge in [-0.15, -0.1) is 0 Å². The number of nitrogens with zero attached hydrogens (tertiary/aromatic N) is 2. The van der Waals surface area contributed by atoms with E-state index in [0.717, 1.165) is 60.9 Å². The molecule has 0 bridgehead atoms. The first-order valence-corrected chi connectivity index (χ1v) is 15.2. The van der Waals surface area contributed by atoms with Crippen LogP contribution in [0.1, 0.15) is 0 Å². The zero-order valence-corrected chi connectivity index (χ0v) is 22.3. The number of fused-ring (bicyclic) bond motifs is 3. The highest BCUT2D eigenvalue weighted by molar-refractivity contribution is 7.79. The predicted octanol–water partition coefficient (Wildman–Crippen LogP) is 8.07. The Morgan fingerprint density at radius 1 is 0.462 bits per heavy atom. The van der Waals surface area contributed by atoms with Crippen LogP contribution in [-0.2, 0) is 4.57 Å². The van der Waals surface area contributed by atoms with E-state index in [-0.39, 0.29) is 0 Å². The van der Waals surface area contributed by atoms with Crippen LogP contribution in [0.25, 0.3) is 56.2 Å². The summed E-state index contributed by atoms with van der Waals surface area (Å²) in [5.74, 6) is 0.706. The van der Waals surface area contributed by atoms with Crippen molar-refractivity contribution in [1.29, 1.82) is 0 Å². The van der Waals surface area contributed by atoms with E-state index < -0.39 is 7.14 Å². The topological polar surface area (TPSA) is 42.9 Å². The molecule has 6 aromatic rings. The molecule has 4 heteroatoms. The van der Waals surface area contributed by atoms with Gasteiger partial charge >= 0.3 is 0 Å². The summed E-state index contributed by atoms with van der Waals surface area (Å²) in [4.78, 5) is 9.84. The number of benzene rings is 5. The highest BCUT2D eigenvalue weighted by Gasteiger charge is 2.34. The van der Waals surface area contributed by atoms with E-state index in [0.29, 0.717) is 5.82 Å². The molecule has 1 aromatic heterocycles. The molecule has 39 heavy (non-hydrogen) atoms. The van der Waals surface area contributed by atoms with Gasteiger partial charge in [-0.05, 0) is 47.1 Å². The minimum absolute atomic E-state index is 0.706. The monoisotopic (exact) mass is 520 g/mol. The minimum atomic E-state index is -2.56. The van der Waals surface area contributed by atoms with Crippen LogP contribution in [0.2, 0.25) is 0 Å². The van der Waals surface area contributed by atoms with Crippen LogP contribution in [-0.4, -0.2) is 16.6 Å². The molecule has 0 saturated heterocycles. The first-order valence-electron chi connectivity index (χ1n) is 13.0. The summed E-state index contributed by atoms with van der Waals surface area (Å²) in [6, 6.07) is 45.3. The van der Waals surface area contributed by atoms with E-state index in [2.05, 4.69) is 60.7 Å². The molecule has 5 aromatic carbocycles. The van der Waals surface area contributed by atoms with E-state index in [4.69, 9.17) is 9.97 Å². The van der Waals surface area contributed by atoms with Crippen LogP contribution in [0.4, 0.5) is 0 Å². The predicted molar refractivity (Wildman–Crippen MR) is 162 cm³/mol. The van der Waals surface area contributed by atoms with Gasteiger partial charge in [0.25, 0.3) is 0 Å².